The normalized spacial score (nSPS) is 17.5. The Balaban J connectivity index is 1.19. The van der Waals surface area contributed by atoms with E-state index in [1.807, 2.05) is 0 Å². The number of aromatic nitrogens is 3. The molecule has 2 aliphatic heterocycles. The maximum absolute atomic E-state index is 13.2. The van der Waals surface area contributed by atoms with Gasteiger partial charge in [-0.3, -0.25) is 9.69 Å². The van der Waals surface area contributed by atoms with E-state index in [0.29, 0.717) is 53.0 Å². The number of fused-ring (bicyclic) bond motifs is 2. The maximum Gasteiger partial charge on any atom is 0.442 e. The van der Waals surface area contributed by atoms with Gasteiger partial charge in [-0.1, -0.05) is 30.2 Å². The van der Waals surface area contributed by atoms with Gasteiger partial charge in [0.1, 0.15) is 11.6 Å². The van der Waals surface area contributed by atoms with Crippen LogP contribution in [-0.4, -0.2) is 38.8 Å². The summed E-state index contributed by atoms with van der Waals surface area (Å²) in [6.07, 6.45) is 2.37. The standard InChI is InChI=1S/C27H20F3N7O/c1-2-16-5-8-22-20(13-16)25(38)37-24(32-22)21(14-31)23(33-37)18-9-11-36(12-10-18)15-17-3-6-19(7-4-17)26(34-35-26)27(28,29)30/h1,3-8,13,18,32H,9-12,15H2. The molecule has 0 spiro atoms. The second-order valence-corrected chi connectivity index (χ2v) is 9.58. The average molecular weight is 515 g/mol. The summed E-state index contributed by atoms with van der Waals surface area (Å²) in [4.78, 5) is 18.5. The van der Waals surface area contributed by atoms with E-state index in [1.165, 1.54) is 16.6 Å². The minimum atomic E-state index is -4.54. The number of terminal acetylenes is 1. The summed E-state index contributed by atoms with van der Waals surface area (Å²) in [6.45, 7) is 2.01. The van der Waals surface area contributed by atoms with Crippen LogP contribution >= 0.6 is 0 Å². The Morgan fingerprint density at radius 1 is 1.13 bits per heavy atom. The van der Waals surface area contributed by atoms with Gasteiger partial charge in [0, 0.05) is 23.6 Å². The third kappa shape index (κ3) is 3.75. The molecule has 4 heterocycles. The molecule has 8 nitrogen and oxygen atoms in total. The lowest BCUT2D eigenvalue weighted by molar-refractivity contribution is -0.166. The zero-order valence-corrected chi connectivity index (χ0v) is 20.0. The van der Waals surface area contributed by atoms with Crippen molar-refractivity contribution in [3.63, 3.8) is 0 Å². The number of H-pyrrole nitrogens is 1. The predicted octanol–water partition coefficient (Wildman–Crippen LogP) is 4.59. The lowest BCUT2D eigenvalue weighted by Gasteiger charge is -2.31. The molecule has 0 saturated carbocycles. The van der Waals surface area contributed by atoms with E-state index < -0.39 is 11.8 Å². The second kappa shape index (κ2) is 8.54. The predicted molar refractivity (Wildman–Crippen MR) is 132 cm³/mol. The van der Waals surface area contributed by atoms with Gasteiger partial charge in [0.05, 0.1) is 16.6 Å². The van der Waals surface area contributed by atoms with E-state index >= 15 is 0 Å². The van der Waals surface area contributed by atoms with Crippen LogP contribution in [0.5, 0.6) is 0 Å². The van der Waals surface area contributed by atoms with Gasteiger partial charge >= 0.3 is 11.8 Å². The first-order valence-electron chi connectivity index (χ1n) is 12.0. The Morgan fingerprint density at radius 2 is 1.84 bits per heavy atom. The number of nitrogens with zero attached hydrogens (tertiary/aromatic N) is 6. The zero-order valence-electron chi connectivity index (χ0n) is 20.0. The molecule has 1 saturated heterocycles. The summed E-state index contributed by atoms with van der Waals surface area (Å²) in [5.41, 5.74) is 0.619. The zero-order chi connectivity index (χ0) is 26.7. The van der Waals surface area contributed by atoms with E-state index in [0.717, 1.165) is 18.4 Å². The lowest BCUT2D eigenvalue weighted by atomic mass is 9.91. The van der Waals surface area contributed by atoms with E-state index in [-0.39, 0.29) is 17.0 Å². The monoisotopic (exact) mass is 515 g/mol. The van der Waals surface area contributed by atoms with Crippen LogP contribution in [-0.2, 0) is 12.2 Å². The fourth-order valence-electron chi connectivity index (χ4n) is 5.16. The van der Waals surface area contributed by atoms with Crippen molar-refractivity contribution in [2.45, 2.75) is 37.1 Å². The number of nitriles is 1. The molecule has 4 aromatic rings. The number of nitrogens with one attached hydrogen (secondary N) is 1. The fourth-order valence-corrected chi connectivity index (χ4v) is 5.16. The van der Waals surface area contributed by atoms with Gasteiger partial charge in [0.2, 0.25) is 0 Å². The van der Waals surface area contributed by atoms with Crippen molar-refractivity contribution >= 4 is 16.6 Å². The smallest absolute Gasteiger partial charge is 0.338 e. The first-order valence-corrected chi connectivity index (χ1v) is 12.0. The highest BCUT2D eigenvalue weighted by molar-refractivity contribution is 5.82. The van der Waals surface area contributed by atoms with Gasteiger partial charge in [0.15, 0.2) is 5.65 Å². The van der Waals surface area contributed by atoms with Gasteiger partial charge in [-0.05, 0) is 49.7 Å². The third-order valence-corrected chi connectivity index (χ3v) is 7.32. The van der Waals surface area contributed by atoms with Gasteiger partial charge in [-0.15, -0.1) is 16.7 Å². The first-order chi connectivity index (χ1) is 18.2. The van der Waals surface area contributed by atoms with Crippen LogP contribution in [0.25, 0.3) is 16.6 Å². The highest BCUT2D eigenvalue weighted by Gasteiger charge is 2.65. The molecule has 6 rings (SSSR count). The van der Waals surface area contributed by atoms with E-state index in [9.17, 15) is 23.2 Å². The van der Waals surface area contributed by atoms with Crippen molar-refractivity contribution in [1.82, 2.24) is 19.5 Å². The van der Waals surface area contributed by atoms with Crippen LogP contribution in [0.4, 0.5) is 13.2 Å². The van der Waals surface area contributed by atoms with Crippen LogP contribution in [0.3, 0.4) is 0 Å². The molecule has 11 heteroatoms. The van der Waals surface area contributed by atoms with Gasteiger partial charge in [-0.2, -0.15) is 28.0 Å². The van der Waals surface area contributed by atoms with Crippen molar-refractivity contribution in [3.05, 3.63) is 80.8 Å². The summed E-state index contributed by atoms with van der Waals surface area (Å²) in [6, 6.07) is 13.5. The number of piperidine rings is 1. The Kier molecular flexibility index (Phi) is 5.37. The number of benzene rings is 2. The number of likely N-dealkylation sites (tertiary alicyclic amines) is 1. The molecule has 0 bridgehead atoms. The molecule has 2 aliphatic rings. The molecule has 1 fully saturated rings. The molecule has 38 heavy (non-hydrogen) atoms. The van der Waals surface area contributed by atoms with Crippen LogP contribution in [0.1, 0.15) is 46.7 Å². The minimum absolute atomic E-state index is 0.00917. The van der Waals surface area contributed by atoms with Crippen LogP contribution < -0.4 is 5.56 Å². The van der Waals surface area contributed by atoms with Crippen molar-refractivity contribution < 1.29 is 13.2 Å². The first kappa shape index (κ1) is 23.9. The molecule has 1 N–H and O–H groups in total. The summed E-state index contributed by atoms with van der Waals surface area (Å²) in [7, 11) is 0. The quantitative estimate of drug-likeness (QED) is 0.402. The fraction of sp³-hybridized carbons (Fsp3) is 0.296. The summed E-state index contributed by atoms with van der Waals surface area (Å²) in [5, 5.41) is 21.4. The molecule has 0 unspecified atom stereocenters. The number of halogens is 3. The van der Waals surface area contributed by atoms with Crippen LogP contribution in [0.15, 0.2) is 57.5 Å². The van der Waals surface area contributed by atoms with E-state index in [4.69, 9.17) is 6.42 Å². The Morgan fingerprint density at radius 3 is 2.45 bits per heavy atom. The molecule has 2 aromatic carbocycles. The molecular weight excluding hydrogens is 495 g/mol. The summed E-state index contributed by atoms with van der Waals surface area (Å²) < 4.78 is 40.9. The summed E-state index contributed by atoms with van der Waals surface area (Å²) in [5.74, 6) is 2.51. The topological polar surface area (TPSA) is 102 Å². The minimum Gasteiger partial charge on any atom is -0.338 e. The molecule has 0 aliphatic carbocycles. The number of rotatable bonds is 4. The maximum atomic E-state index is 13.2. The Hall–Kier alpha value is -4.48. The van der Waals surface area contributed by atoms with Crippen molar-refractivity contribution in [3.8, 4) is 18.4 Å². The van der Waals surface area contributed by atoms with E-state index in [1.54, 1.807) is 30.3 Å². The summed E-state index contributed by atoms with van der Waals surface area (Å²) >= 11 is 0. The van der Waals surface area contributed by atoms with Crippen molar-refractivity contribution in [2.75, 3.05) is 13.1 Å². The Bertz CT molecular complexity index is 1740. The molecular formula is C27H20F3N7O. The Labute approximate surface area is 214 Å². The molecule has 0 atom stereocenters. The largest absolute Gasteiger partial charge is 0.442 e. The van der Waals surface area contributed by atoms with Gasteiger partial charge < -0.3 is 4.98 Å². The van der Waals surface area contributed by atoms with Crippen molar-refractivity contribution in [1.29, 1.82) is 5.26 Å². The highest BCUT2D eigenvalue weighted by atomic mass is 19.4. The third-order valence-electron chi connectivity index (χ3n) is 7.32. The average Bonchev–Trinajstić information content (AvgIpc) is 3.66. The number of hydrogen-bond donors (Lipinski definition) is 1. The van der Waals surface area contributed by atoms with Gasteiger partial charge in [-0.25, -0.2) is 0 Å². The SMILES string of the molecule is C#Cc1ccc2[nH]c3c(C#N)c(C4CCN(Cc5ccc(C6(C(F)(F)F)N=N6)cc5)CC4)nn3c(=O)c2c1. The lowest BCUT2D eigenvalue weighted by Crippen LogP contribution is -2.33. The number of alkyl halides is 3. The molecule has 0 radical (unpaired) electrons. The van der Waals surface area contributed by atoms with Crippen LogP contribution in [0.2, 0.25) is 0 Å². The van der Waals surface area contributed by atoms with E-state index in [2.05, 4.69) is 37.2 Å². The number of hydrogen-bond acceptors (Lipinski definition) is 6. The molecule has 190 valence electrons. The van der Waals surface area contributed by atoms with Gasteiger partial charge in [0.25, 0.3) is 5.56 Å². The second-order valence-electron chi connectivity index (χ2n) is 9.58. The molecule has 2 aromatic heterocycles. The number of aromatic amines is 1. The highest BCUT2D eigenvalue weighted by Crippen LogP contribution is 2.52. The van der Waals surface area contributed by atoms with Crippen molar-refractivity contribution in [2.24, 2.45) is 10.2 Å². The van der Waals surface area contributed by atoms with Crippen LogP contribution in [0, 0.1) is 23.7 Å². The molecule has 0 amide bonds.